The normalized spacial score (nSPS) is 16.8. The number of carbonyl (C=O) groups excluding carboxylic acids is 4. The van der Waals surface area contributed by atoms with Crippen LogP contribution in [0.15, 0.2) is 36.4 Å². The first-order valence-corrected chi connectivity index (χ1v) is 15.0. The van der Waals surface area contributed by atoms with Crippen molar-refractivity contribution in [2.45, 2.75) is 78.0 Å². The molecule has 0 saturated carbocycles. The molecule has 0 bridgehead atoms. The van der Waals surface area contributed by atoms with E-state index in [0.29, 0.717) is 18.8 Å². The maximum Gasteiger partial charge on any atom is 0.408 e. The highest BCUT2D eigenvalue weighted by Gasteiger charge is 2.47. The minimum Gasteiger partial charge on any atom is -0.489 e. The largest absolute Gasteiger partial charge is 0.489 e. The Morgan fingerprint density at radius 2 is 1.70 bits per heavy atom. The molecule has 2 unspecified atom stereocenters. The predicted molar refractivity (Wildman–Crippen MR) is 167 cm³/mol. The predicted octanol–water partition coefficient (Wildman–Crippen LogP) is 2.04. The molecule has 1 fully saturated rings. The third-order valence-electron chi connectivity index (χ3n) is 7.94. The van der Waals surface area contributed by atoms with E-state index in [2.05, 4.69) is 15.6 Å². The Hall–Kier alpha value is -4.72. The molecule has 5 amide bonds. The number of pyridine rings is 1. The minimum atomic E-state index is -1.26. The highest BCUT2D eigenvalue weighted by Crippen LogP contribution is 2.37. The lowest BCUT2D eigenvalue weighted by Gasteiger charge is -2.32. The lowest BCUT2D eigenvalue weighted by Crippen LogP contribution is -2.51. The van der Waals surface area contributed by atoms with Gasteiger partial charge in [0.25, 0.3) is 5.91 Å². The molecule has 250 valence electrons. The van der Waals surface area contributed by atoms with Crippen molar-refractivity contribution in [1.29, 1.82) is 0 Å². The summed E-state index contributed by atoms with van der Waals surface area (Å²) in [4.78, 5) is 69.0. The highest BCUT2D eigenvalue weighted by atomic mass is 16.5. The smallest absolute Gasteiger partial charge is 0.408 e. The molecule has 14 heteroatoms. The van der Waals surface area contributed by atoms with Gasteiger partial charge in [-0.25, -0.2) is 10.3 Å². The van der Waals surface area contributed by atoms with Gasteiger partial charge in [-0.3, -0.25) is 34.3 Å². The zero-order valence-electron chi connectivity index (χ0n) is 27.2. The molecule has 2 heterocycles. The van der Waals surface area contributed by atoms with Crippen molar-refractivity contribution in [3.8, 4) is 5.75 Å². The van der Waals surface area contributed by atoms with Gasteiger partial charge < -0.3 is 25.4 Å². The number of benzene rings is 1. The van der Waals surface area contributed by atoms with E-state index < -0.39 is 53.9 Å². The number of rotatable bonds is 13. The fraction of sp³-hybridized carbons (Fsp3) is 0.500. The summed E-state index contributed by atoms with van der Waals surface area (Å²) in [6, 6.07) is 10.1. The molecule has 14 nitrogen and oxygen atoms in total. The summed E-state index contributed by atoms with van der Waals surface area (Å²) in [5, 5.41) is 23.7. The molecule has 0 radical (unpaired) electrons. The van der Waals surface area contributed by atoms with Crippen LogP contribution in [0.2, 0.25) is 0 Å². The average Bonchev–Trinajstić information content (AvgIpc) is 3.29. The summed E-state index contributed by atoms with van der Waals surface area (Å²) >= 11 is 0. The Morgan fingerprint density at radius 3 is 2.26 bits per heavy atom. The fourth-order valence-electron chi connectivity index (χ4n) is 5.41. The Labute approximate surface area is 268 Å². The summed E-state index contributed by atoms with van der Waals surface area (Å²) in [6.45, 7) is 10.3. The quantitative estimate of drug-likeness (QED) is 0.161. The van der Waals surface area contributed by atoms with E-state index in [4.69, 9.17) is 4.74 Å². The van der Waals surface area contributed by atoms with Crippen LogP contribution in [-0.4, -0.2) is 92.6 Å². The van der Waals surface area contributed by atoms with E-state index in [-0.39, 0.29) is 25.4 Å². The SMILES string of the molecule is Cc1cc(COc2ccc(C3(C)CCN(C(CCNC(=O)CNC(=O)CN(C(=O)O)C(C)(C)C)C(=O)NO)C3=O)cc2)cc(C)n1. The number of aryl methyl sites for hydroxylation is 2. The van der Waals surface area contributed by atoms with Gasteiger partial charge in [0, 0.05) is 30.0 Å². The van der Waals surface area contributed by atoms with Crippen LogP contribution in [0.5, 0.6) is 5.75 Å². The first-order valence-electron chi connectivity index (χ1n) is 15.0. The Morgan fingerprint density at radius 1 is 1.07 bits per heavy atom. The molecule has 1 aromatic heterocycles. The molecule has 5 N–H and O–H groups in total. The van der Waals surface area contributed by atoms with Crippen LogP contribution in [0.4, 0.5) is 4.79 Å². The number of likely N-dealkylation sites (tertiary alicyclic amines) is 1. The first kappa shape index (κ1) is 35.8. The topological polar surface area (TPSA) is 190 Å². The van der Waals surface area contributed by atoms with Gasteiger partial charge in [-0.15, -0.1) is 0 Å². The molecule has 2 atom stereocenters. The van der Waals surface area contributed by atoms with E-state index in [1.165, 1.54) is 4.90 Å². The Kier molecular flexibility index (Phi) is 11.7. The van der Waals surface area contributed by atoms with E-state index in [0.717, 1.165) is 27.4 Å². The molecule has 46 heavy (non-hydrogen) atoms. The number of ether oxygens (including phenoxy) is 1. The number of hydrogen-bond donors (Lipinski definition) is 5. The van der Waals surface area contributed by atoms with Crippen LogP contribution in [0, 0.1) is 13.8 Å². The molecule has 0 spiro atoms. The van der Waals surface area contributed by atoms with Crippen LogP contribution in [0.3, 0.4) is 0 Å². The van der Waals surface area contributed by atoms with E-state index in [9.17, 15) is 34.3 Å². The zero-order chi connectivity index (χ0) is 34.2. The minimum absolute atomic E-state index is 0.00541. The summed E-state index contributed by atoms with van der Waals surface area (Å²) < 4.78 is 5.93. The van der Waals surface area contributed by atoms with Gasteiger partial charge in [-0.2, -0.15) is 0 Å². The number of carboxylic acid groups (broad SMARTS) is 1. The molecule has 3 rings (SSSR count). The molecule has 1 aliphatic heterocycles. The highest BCUT2D eigenvalue weighted by molar-refractivity contribution is 5.94. The van der Waals surface area contributed by atoms with E-state index in [1.807, 2.05) is 38.1 Å². The van der Waals surface area contributed by atoms with Crippen molar-refractivity contribution in [2.75, 3.05) is 26.2 Å². The van der Waals surface area contributed by atoms with E-state index >= 15 is 0 Å². The molecule has 2 aromatic rings. The van der Waals surface area contributed by atoms with Crippen LogP contribution in [-0.2, 0) is 31.2 Å². The molecule has 1 aliphatic rings. The standard InChI is InChI=1S/C32H44N6O8/c1-20-15-22(16-21(2)35-20)19-46-24-9-7-23(8-10-24)32(6)12-14-37(29(32)42)25(28(41)36-45)11-13-33-26(39)17-34-27(40)18-38(30(43)44)31(3,4)5/h7-10,15-16,25,45H,11-14,17-19H2,1-6H3,(H,33,39)(H,34,40)(H,36,41)(H,43,44). The first-order chi connectivity index (χ1) is 21.5. The van der Waals surface area contributed by atoms with Gasteiger partial charge in [0.1, 0.15) is 24.9 Å². The molecule has 0 aliphatic carbocycles. The van der Waals surface area contributed by atoms with Crippen molar-refractivity contribution in [1.82, 2.24) is 30.9 Å². The lowest BCUT2D eigenvalue weighted by atomic mass is 9.81. The van der Waals surface area contributed by atoms with Crippen LogP contribution >= 0.6 is 0 Å². The second kappa shape index (κ2) is 15.0. The van der Waals surface area contributed by atoms with Crippen molar-refractivity contribution in [2.24, 2.45) is 0 Å². The lowest BCUT2D eigenvalue weighted by molar-refractivity contribution is -0.144. The number of aromatic nitrogens is 1. The van der Waals surface area contributed by atoms with Crippen molar-refractivity contribution < 1.29 is 39.0 Å². The number of hydrogen-bond acceptors (Lipinski definition) is 8. The Balaban J connectivity index is 1.55. The molecule has 1 aromatic carbocycles. The molecule has 1 saturated heterocycles. The summed E-state index contributed by atoms with van der Waals surface area (Å²) in [6.07, 6.45) is -0.830. The van der Waals surface area contributed by atoms with Crippen molar-refractivity contribution >= 4 is 29.7 Å². The second-order valence-electron chi connectivity index (χ2n) is 12.6. The Bertz CT molecular complexity index is 1420. The van der Waals surface area contributed by atoms with Crippen molar-refractivity contribution in [3.63, 3.8) is 0 Å². The van der Waals surface area contributed by atoms with E-state index in [1.54, 1.807) is 45.3 Å². The zero-order valence-corrected chi connectivity index (χ0v) is 27.2. The second-order valence-corrected chi connectivity index (χ2v) is 12.6. The summed E-state index contributed by atoms with van der Waals surface area (Å²) in [7, 11) is 0. The van der Waals surface area contributed by atoms with Gasteiger partial charge in [-0.05, 0) is 89.8 Å². The monoisotopic (exact) mass is 640 g/mol. The van der Waals surface area contributed by atoms with Gasteiger partial charge in [0.15, 0.2) is 0 Å². The van der Waals surface area contributed by atoms with Gasteiger partial charge in [0.05, 0.1) is 12.0 Å². The third kappa shape index (κ3) is 9.16. The van der Waals surface area contributed by atoms with Gasteiger partial charge in [-0.1, -0.05) is 12.1 Å². The maximum atomic E-state index is 13.7. The van der Waals surface area contributed by atoms with Crippen LogP contribution in [0.1, 0.15) is 63.1 Å². The van der Waals surface area contributed by atoms with Gasteiger partial charge in [0.2, 0.25) is 17.7 Å². The number of nitrogens with zero attached hydrogens (tertiary/aromatic N) is 3. The van der Waals surface area contributed by atoms with Crippen molar-refractivity contribution in [3.05, 3.63) is 58.9 Å². The number of hydroxylamine groups is 1. The fourth-order valence-corrected chi connectivity index (χ4v) is 5.41. The third-order valence-corrected chi connectivity index (χ3v) is 7.94. The summed E-state index contributed by atoms with van der Waals surface area (Å²) in [5.74, 6) is -1.66. The van der Waals surface area contributed by atoms with Crippen LogP contribution in [0.25, 0.3) is 0 Å². The molecular weight excluding hydrogens is 596 g/mol. The van der Waals surface area contributed by atoms with Gasteiger partial charge >= 0.3 is 6.09 Å². The average molecular weight is 641 g/mol. The number of carbonyl (C=O) groups is 5. The van der Waals surface area contributed by atoms with Crippen LogP contribution < -0.4 is 20.9 Å². The number of amides is 5. The molecular formula is C32H44N6O8. The number of nitrogens with one attached hydrogen (secondary N) is 3. The maximum absolute atomic E-state index is 13.7. The summed E-state index contributed by atoms with van der Waals surface area (Å²) in [5.41, 5.74) is 3.46.